The Balaban J connectivity index is 2.23. The van der Waals surface area contributed by atoms with Crippen molar-refractivity contribution in [1.29, 1.82) is 0 Å². The van der Waals surface area contributed by atoms with Crippen LogP contribution in [0.4, 0.5) is 5.69 Å². The molecule has 0 fully saturated rings. The van der Waals surface area contributed by atoms with E-state index in [0.29, 0.717) is 11.7 Å². The van der Waals surface area contributed by atoms with Gasteiger partial charge < -0.3 is 20.9 Å². The molecule has 20 heavy (non-hydrogen) atoms. The fourth-order valence-electron chi connectivity index (χ4n) is 2.17. The molecule has 0 amide bonds. The first-order chi connectivity index (χ1) is 9.67. The van der Waals surface area contributed by atoms with Crippen molar-refractivity contribution in [2.45, 2.75) is 32.0 Å². The predicted molar refractivity (Wildman–Crippen MR) is 77.7 cm³/mol. The number of ether oxygens (including phenoxy) is 1. The molecule has 110 valence electrons. The lowest BCUT2D eigenvalue weighted by atomic mass is 10.1. The molecule has 0 spiro atoms. The second kappa shape index (κ2) is 6.53. The molecule has 0 saturated carbocycles. The average Bonchev–Trinajstić information content (AvgIpc) is 2.45. The van der Waals surface area contributed by atoms with Crippen LogP contribution in [0.15, 0.2) is 17.3 Å². The van der Waals surface area contributed by atoms with E-state index in [4.69, 9.17) is 10.5 Å². The summed E-state index contributed by atoms with van der Waals surface area (Å²) in [7, 11) is 1.59. The lowest BCUT2D eigenvalue weighted by Crippen LogP contribution is -2.39. The third kappa shape index (κ3) is 3.17. The summed E-state index contributed by atoms with van der Waals surface area (Å²) in [5.41, 5.74) is 7.30. The van der Waals surface area contributed by atoms with Gasteiger partial charge in [-0.3, -0.25) is 10.3 Å². The molecule has 1 aliphatic rings. The maximum atomic E-state index is 9.39. The summed E-state index contributed by atoms with van der Waals surface area (Å²) in [5.74, 6) is 0.968. The highest BCUT2D eigenvalue weighted by atomic mass is 16.5. The van der Waals surface area contributed by atoms with Gasteiger partial charge in [-0.1, -0.05) is 13.3 Å². The molecule has 5 N–H and O–H groups in total. The van der Waals surface area contributed by atoms with E-state index in [1.54, 1.807) is 13.3 Å². The van der Waals surface area contributed by atoms with Crippen LogP contribution < -0.4 is 21.1 Å². The summed E-state index contributed by atoms with van der Waals surface area (Å²) in [4.78, 5) is 8.67. The van der Waals surface area contributed by atoms with Gasteiger partial charge in [0.25, 0.3) is 0 Å². The first-order valence-electron chi connectivity index (χ1n) is 6.69. The number of anilines is 1. The number of methoxy groups -OCH3 is 1. The highest BCUT2D eigenvalue weighted by Crippen LogP contribution is 2.29. The standard InChI is InChI=1S/C13H21N5O2/c1-3-4-8(7-19)16-12-11-10(17-13(14)18-12)5-9(20-2)6-15-11/h5-6,8,12,16,19H,3-4,7H2,1-2H3,(H3,14,17,18)/t8-,12?/m0/s1. The van der Waals surface area contributed by atoms with Crippen LogP contribution in [0.25, 0.3) is 0 Å². The predicted octanol–water partition coefficient (Wildman–Crippen LogP) is 0.580. The molecule has 2 rings (SSSR count). The van der Waals surface area contributed by atoms with Gasteiger partial charge in [0, 0.05) is 12.1 Å². The smallest absolute Gasteiger partial charge is 0.195 e. The van der Waals surface area contributed by atoms with Gasteiger partial charge in [-0.2, -0.15) is 0 Å². The lowest BCUT2D eigenvalue weighted by Gasteiger charge is -2.26. The molecular formula is C13H21N5O2. The summed E-state index contributed by atoms with van der Waals surface area (Å²) < 4.78 is 5.15. The van der Waals surface area contributed by atoms with Crippen LogP contribution >= 0.6 is 0 Å². The van der Waals surface area contributed by atoms with E-state index in [1.165, 1.54) is 0 Å². The monoisotopic (exact) mass is 279 g/mol. The van der Waals surface area contributed by atoms with Gasteiger partial charge in [-0.25, -0.2) is 4.99 Å². The Morgan fingerprint density at radius 1 is 1.60 bits per heavy atom. The number of pyridine rings is 1. The molecule has 7 heteroatoms. The van der Waals surface area contributed by atoms with Gasteiger partial charge in [0.1, 0.15) is 17.6 Å². The molecule has 1 unspecified atom stereocenters. The molecule has 2 heterocycles. The molecule has 2 atom stereocenters. The Morgan fingerprint density at radius 2 is 2.40 bits per heavy atom. The maximum absolute atomic E-state index is 9.39. The van der Waals surface area contributed by atoms with Crippen LogP contribution in [0.5, 0.6) is 5.75 Å². The Hall–Kier alpha value is -1.86. The molecule has 0 aliphatic carbocycles. The van der Waals surface area contributed by atoms with E-state index in [1.807, 2.05) is 6.07 Å². The largest absolute Gasteiger partial charge is 0.495 e. The minimum atomic E-state index is -0.360. The van der Waals surface area contributed by atoms with E-state index < -0.39 is 0 Å². The molecule has 1 aromatic heterocycles. The third-order valence-electron chi connectivity index (χ3n) is 3.17. The van der Waals surface area contributed by atoms with Gasteiger partial charge in [0.2, 0.25) is 0 Å². The highest BCUT2D eigenvalue weighted by Gasteiger charge is 2.24. The Kier molecular flexibility index (Phi) is 4.75. The van der Waals surface area contributed by atoms with Crippen molar-refractivity contribution in [3.63, 3.8) is 0 Å². The summed E-state index contributed by atoms with van der Waals surface area (Å²) in [6.07, 6.45) is 3.12. The number of guanidine groups is 1. The van der Waals surface area contributed by atoms with Crippen LogP contribution in [0, 0.1) is 0 Å². The van der Waals surface area contributed by atoms with Crippen molar-refractivity contribution in [3.8, 4) is 5.75 Å². The number of rotatable bonds is 6. The zero-order chi connectivity index (χ0) is 14.5. The first-order valence-corrected chi connectivity index (χ1v) is 6.69. The van der Waals surface area contributed by atoms with E-state index in [9.17, 15) is 5.11 Å². The number of aliphatic hydroxyl groups excluding tert-OH is 1. The zero-order valence-electron chi connectivity index (χ0n) is 11.8. The normalized spacial score (nSPS) is 18.8. The minimum Gasteiger partial charge on any atom is -0.495 e. The fraction of sp³-hybridized carbons (Fsp3) is 0.538. The highest BCUT2D eigenvalue weighted by molar-refractivity contribution is 5.94. The number of fused-ring (bicyclic) bond motifs is 1. The van der Waals surface area contributed by atoms with Crippen LogP contribution in [0.1, 0.15) is 31.6 Å². The van der Waals surface area contributed by atoms with E-state index in [-0.39, 0.29) is 18.8 Å². The molecule has 0 saturated heterocycles. The quantitative estimate of drug-likeness (QED) is 0.607. The molecule has 1 aromatic rings. The Bertz CT molecular complexity index is 492. The SMILES string of the molecule is CCC[C@@H](CO)NC1N=C(N)Nc2cc(OC)cnc21. The van der Waals surface area contributed by atoms with Gasteiger partial charge in [-0.15, -0.1) is 0 Å². The van der Waals surface area contributed by atoms with Crippen LogP contribution in [0.3, 0.4) is 0 Å². The van der Waals surface area contributed by atoms with Gasteiger partial charge in [-0.05, 0) is 6.42 Å². The second-order valence-corrected chi connectivity index (χ2v) is 4.68. The number of hydrogen-bond acceptors (Lipinski definition) is 7. The topological polar surface area (TPSA) is 105 Å². The Labute approximate surface area is 118 Å². The van der Waals surface area contributed by atoms with E-state index in [0.717, 1.165) is 24.2 Å². The van der Waals surface area contributed by atoms with Crippen molar-refractivity contribution >= 4 is 11.6 Å². The van der Waals surface area contributed by atoms with Crippen molar-refractivity contribution in [2.24, 2.45) is 10.7 Å². The molecule has 0 aromatic carbocycles. The number of aromatic nitrogens is 1. The summed E-state index contributed by atoms with van der Waals surface area (Å²) in [5, 5.41) is 15.6. The van der Waals surface area contributed by atoms with Crippen LogP contribution in [-0.4, -0.2) is 35.8 Å². The van der Waals surface area contributed by atoms with Crippen molar-refractivity contribution in [2.75, 3.05) is 19.0 Å². The molecular weight excluding hydrogens is 258 g/mol. The number of nitrogens with two attached hydrogens (primary N) is 1. The average molecular weight is 279 g/mol. The summed E-state index contributed by atoms with van der Waals surface area (Å²) in [6, 6.07) is 1.79. The molecule has 1 aliphatic heterocycles. The van der Waals surface area contributed by atoms with E-state index in [2.05, 4.69) is 27.5 Å². The lowest BCUT2D eigenvalue weighted by molar-refractivity contribution is 0.223. The van der Waals surface area contributed by atoms with Crippen molar-refractivity contribution < 1.29 is 9.84 Å². The van der Waals surface area contributed by atoms with Crippen LogP contribution in [0.2, 0.25) is 0 Å². The van der Waals surface area contributed by atoms with E-state index >= 15 is 0 Å². The molecule has 7 nitrogen and oxygen atoms in total. The molecule has 0 bridgehead atoms. The number of aliphatic imine (C=N–C) groups is 1. The minimum absolute atomic E-state index is 0.0311. The fourth-order valence-corrected chi connectivity index (χ4v) is 2.17. The zero-order valence-corrected chi connectivity index (χ0v) is 11.8. The number of aliphatic hydroxyl groups is 1. The number of hydrogen-bond donors (Lipinski definition) is 4. The van der Waals surface area contributed by atoms with Gasteiger partial charge in [0.15, 0.2) is 5.96 Å². The third-order valence-corrected chi connectivity index (χ3v) is 3.17. The van der Waals surface area contributed by atoms with Crippen molar-refractivity contribution in [3.05, 3.63) is 18.0 Å². The number of nitrogens with one attached hydrogen (secondary N) is 2. The second-order valence-electron chi connectivity index (χ2n) is 4.68. The Morgan fingerprint density at radius 3 is 3.05 bits per heavy atom. The van der Waals surface area contributed by atoms with Gasteiger partial charge >= 0.3 is 0 Å². The summed E-state index contributed by atoms with van der Waals surface area (Å²) in [6.45, 7) is 2.13. The van der Waals surface area contributed by atoms with Crippen molar-refractivity contribution in [1.82, 2.24) is 10.3 Å². The number of nitrogens with zero attached hydrogens (tertiary/aromatic N) is 2. The molecule has 0 radical (unpaired) electrons. The van der Waals surface area contributed by atoms with Gasteiger partial charge in [0.05, 0.1) is 25.6 Å². The maximum Gasteiger partial charge on any atom is 0.195 e. The summed E-state index contributed by atoms with van der Waals surface area (Å²) >= 11 is 0. The van der Waals surface area contributed by atoms with Crippen LogP contribution in [-0.2, 0) is 0 Å². The first kappa shape index (κ1) is 14.5.